The van der Waals surface area contributed by atoms with Crippen molar-refractivity contribution in [1.82, 2.24) is 0 Å². The van der Waals surface area contributed by atoms with Crippen LogP contribution in [-0.4, -0.2) is 5.11 Å². The van der Waals surface area contributed by atoms with Gasteiger partial charge in [-0.2, -0.15) is 0 Å². The third-order valence-electron chi connectivity index (χ3n) is 2.95. The molecule has 0 saturated heterocycles. The number of aryl methyl sites for hydroxylation is 3. The standard InChI is InChI=1S/C15H18OS/c1-10-5-4-6-13(7-10)9-15(16)14-8-11(2)17-12(14)3/h4-8,15-16H,9H2,1-3H3. The second-order valence-corrected chi connectivity index (χ2v) is 6.04. The highest BCUT2D eigenvalue weighted by Gasteiger charge is 2.13. The lowest BCUT2D eigenvalue weighted by Gasteiger charge is -2.11. The van der Waals surface area contributed by atoms with E-state index < -0.39 is 0 Å². The largest absolute Gasteiger partial charge is 0.388 e. The van der Waals surface area contributed by atoms with Gasteiger partial charge in [0.2, 0.25) is 0 Å². The smallest absolute Gasteiger partial charge is 0.0841 e. The molecule has 1 unspecified atom stereocenters. The molecule has 0 aliphatic rings. The zero-order chi connectivity index (χ0) is 12.4. The van der Waals surface area contributed by atoms with Gasteiger partial charge in [-0.1, -0.05) is 29.8 Å². The molecule has 0 radical (unpaired) electrons. The fourth-order valence-electron chi connectivity index (χ4n) is 2.15. The normalized spacial score (nSPS) is 12.7. The lowest BCUT2D eigenvalue weighted by atomic mass is 10.0. The number of aliphatic hydroxyl groups excluding tert-OH is 1. The lowest BCUT2D eigenvalue weighted by Crippen LogP contribution is -2.02. The molecule has 1 nitrogen and oxygen atoms in total. The van der Waals surface area contributed by atoms with E-state index in [9.17, 15) is 5.11 Å². The van der Waals surface area contributed by atoms with Crippen LogP contribution < -0.4 is 0 Å². The summed E-state index contributed by atoms with van der Waals surface area (Å²) in [5, 5.41) is 10.3. The van der Waals surface area contributed by atoms with Gasteiger partial charge in [-0.25, -0.2) is 0 Å². The summed E-state index contributed by atoms with van der Waals surface area (Å²) in [6.45, 7) is 6.24. The summed E-state index contributed by atoms with van der Waals surface area (Å²) in [4.78, 5) is 2.49. The van der Waals surface area contributed by atoms with Crippen molar-refractivity contribution in [1.29, 1.82) is 0 Å². The lowest BCUT2D eigenvalue weighted by molar-refractivity contribution is 0.178. The fraction of sp³-hybridized carbons (Fsp3) is 0.333. The van der Waals surface area contributed by atoms with Gasteiger partial charge in [0.25, 0.3) is 0 Å². The Morgan fingerprint density at radius 3 is 2.53 bits per heavy atom. The topological polar surface area (TPSA) is 20.2 Å². The van der Waals surface area contributed by atoms with Gasteiger partial charge in [-0.05, 0) is 38.0 Å². The molecule has 17 heavy (non-hydrogen) atoms. The van der Waals surface area contributed by atoms with Crippen LogP contribution in [0.15, 0.2) is 30.3 Å². The van der Waals surface area contributed by atoms with Gasteiger partial charge in [0, 0.05) is 16.2 Å². The monoisotopic (exact) mass is 246 g/mol. The first kappa shape index (κ1) is 12.3. The number of rotatable bonds is 3. The molecule has 2 aromatic rings. The van der Waals surface area contributed by atoms with E-state index >= 15 is 0 Å². The summed E-state index contributed by atoms with van der Waals surface area (Å²) in [5.41, 5.74) is 3.52. The second kappa shape index (κ2) is 5.03. The number of hydrogen-bond donors (Lipinski definition) is 1. The first-order chi connectivity index (χ1) is 8.06. The molecular formula is C15H18OS. The van der Waals surface area contributed by atoms with Crippen LogP contribution in [0.3, 0.4) is 0 Å². The summed E-state index contributed by atoms with van der Waals surface area (Å²) in [6, 6.07) is 10.4. The van der Waals surface area contributed by atoms with Crippen LogP contribution >= 0.6 is 11.3 Å². The highest BCUT2D eigenvalue weighted by Crippen LogP contribution is 2.28. The Kier molecular flexibility index (Phi) is 3.65. The minimum absolute atomic E-state index is 0.387. The average molecular weight is 246 g/mol. The van der Waals surface area contributed by atoms with E-state index in [0.29, 0.717) is 6.42 Å². The minimum Gasteiger partial charge on any atom is -0.388 e. The third-order valence-corrected chi connectivity index (χ3v) is 3.93. The molecule has 90 valence electrons. The molecule has 1 heterocycles. The summed E-state index contributed by atoms with van der Waals surface area (Å²) >= 11 is 1.75. The molecule has 0 fully saturated rings. The highest BCUT2D eigenvalue weighted by atomic mass is 32.1. The predicted molar refractivity (Wildman–Crippen MR) is 73.6 cm³/mol. The molecule has 0 bridgehead atoms. The first-order valence-corrected chi connectivity index (χ1v) is 6.68. The van der Waals surface area contributed by atoms with Crippen LogP contribution in [0.4, 0.5) is 0 Å². The molecule has 0 saturated carbocycles. The molecule has 0 spiro atoms. The highest BCUT2D eigenvalue weighted by molar-refractivity contribution is 7.12. The second-order valence-electron chi connectivity index (χ2n) is 4.58. The maximum atomic E-state index is 10.3. The number of thiophene rings is 1. The van der Waals surface area contributed by atoms with Crippen LogP contribution in [0.25, 0.3) is 0 Å². The predicted octanol–water partition coefficient (Wildman–Crippen LogP) is 3.95. The first-order valence-electron chi connectivity index (χ1n) is 5.87. The van der Waals surface area contributed by atoms with Crippen molar-refractivity contribution in [3.63, 3.8) is 0 Å². The summed E-state index contributed by atoms with van der Waals surface area (Å²) in [5.74, 6) is 0. The van der Waals surface area contributed by atoms with E-state index in [-0.39, 0.29) is 6.10 Å². The van der Waals surface area contributed by atoms with Crippen molar-refractivity contribution in [3.05, 3.63) is 56.8 Å². The summed E-state index contributed by atoms with van der Waals surface area (Å²) in [6.07, 6.45) is 0.306. The molecule has 1 aromatic heterocycles. The van der Waals surface area contributed by atoms with Crippen LogP contribution in [0.5, 0.6) is 0 Å². The molecule has 0 aliphatic heterocycles. The average Bonchev–Trinajstić information content (AvgIpc) is 2.58. The van der Waals surface area contributed by atoms with Gasteiger partial charge in [-0.3, -0.25) is 0 Å². The van der Waals surface area contributed by atoms with Crippen molar-refractivity contribution in [3.8, 4) is 0 Å². The Morgan fingerprint density at radius 1 is 1.18 bits per heavy atom. The number of aliphatic hydroxyl groups is 1. The van der Waals surface area contributed by atoms with E-state index in [1.165, 1.54) is 20.9 Å². The van der Waals surface area contributed by atoms with Crippen molar-refractivity contribution in [2.75, 3.05) is 0 Å². The molecule has 0 amide bonds. The van der Waals surface area contributed by atoms with Gasteiger partial charge in [0.05, 0.1) is 6.10 Å². The molecule has 2 heteroatoms. The Hall–Kier alpha value is -1.12. The Balaban J connectivity index is 2.16. The van der Waals surface area contributed by atoms with Gasteiger partial charge in [0.15, 0.2) is 0 Å². The van der Waals surface area contributed by atoms with Crippen molar-refractivity contribution >= 4 is 11.3 Å². The van der Waals surface area contributed by atoms with Gasteiger partial charge < -0.3 is 5.11 Å². The van der Waals surface area contributed by atoms with E-state index in [2.05, 4.69) is 45.0 Å². The number of benzene rings is 1. The van der Waals surface area contributed by atoms with Crippen molar-refractivity contribution in [2.24, 2.45) is 0 Å². The Labute approximate surface area is 107 Å². The van der Waals surface area contributed by atoms with Crippen molar-refractivity contribution < 1.29 is 5.11 Å². The Bertz CT molecular complexity index is 513. The van der Waals surface area contributed by atoms with E-state index in [1.807, 2.05) is 6.07 Å². The minimum atomic E-state index is -0.387. The van der Waals surface area contributed by atoms with Gasteiger partial charge in [0.1, 0.15) is 0 Å². The van der Waals surface area contributed by atoms with Crippen molar-refractivity contribution in [2.45, 2.75) is 33.3 Å². The molecule has 1 aromatic carbocycles. The van der Waals surface area contributed by atoms with E-state index in [4.69, 9.17) is 0 Å². The maximum Gasteiger partial charge on any atom is 0.0841 e. The molecular weight excluding hydrogens is 228 g/mol. The van der Waals surface area contributed by atoms with Crippen LogP contribution in [0.2, 0.25) is 0 Å². The van der Waals surface area contributed by atoms with Gasteiger partial charge in [-0.15, -0.1) is 11.3 Å². The van der Waals surface area contributed by atoms with Crippen LogP contribution in [0.1, 0.15) is 32.5 Å². The summed E-state index contributed by atoms with van der Waals surface area (Å²) in [7, 11) is 0. The Morgan fingerprint density at radius 2 is 1.94 bits per heavy atom. The van der Waals surface area contributed by atoms with Crippen LogP contribution in [-0.2, 0) is 6.42 Å². The SMILES string of the molecule is Cc1cccc(CC(O)c2cc(C)sc2C)c1. The number of hydrogen-bond acceptors (Lipinski definition) is 2. The fourth-order valence-corrected chi connectivity index (χ4v) is 3.14. The van der Waals surface area contributed by atoms with Crippen LogP contribution in [0, 0.1) is 20.8 Å². The molecule has 1 atom stereocenters. The summed E-state index contributed by atoms with van der Waals surface area (Å²) < 4.78 is 0. The van der Waals surface area contributed by atoms with E-state index in [1.54, 1.807) is 11.3 Å². The molecule has 2 rings (SSSR count). The molecule has 0 aliphatic carbocycles. The molecule has 1 N–H and O–H groups in total. The third kappa shape index (κ3) is 2.96. The zero-order valence-electron chi connectivity index (χ0n) is 10.5. The zero-order valence-corrected chi connectivity index (χ0v) is 11.3. The maximum absolute atomic E-state index is 10.3. The van der Waals surface area contributed by atoms with Gasteiger partial charge >= 0.3 is 0 Å². The van der Waals surface area contributed by atoms with E-state index in [0.717, 1.165) is 5.56 Å². The quantitative estimate of drug-likeness (QED) is 0.869.